The van der Waals surface area contributed by atoms with Crippen molar-refractivity contribution in [2.75, 3.05) is 41.0 Å². The van der Waals surface area contributed by atoms with Crippen molar-refractivity contribution >= 4 is 12.4 Å². The molecule has 0 aliphatic heterocycles. The lowest BCUT2D eigenvalue weighted by Gasteiger charge is -2.23. The lowest BCUT2D eigenvalue weighted by Crippen LogP contribution is -2.31. The number of nitrogens with zero attached hydrogens (tertiary/aromatic N) is 1. The van der Waals surface area contributed by atoms with Gasteiger partial charge in [0, 0.05) is 26.2 Å². The molecule has 144 valence electrons. The van der Waals surface area contributed by atoms with Crippen LogP contribution in [0.4, 0.5) is 0 Å². The summed E-state index contributed by atoms with van der Waals surface area (Å²) in [6, 6.07) is 14.5. The van der Waals surface area contributed by atoms with Gasteiger partial charge < -0.3 is 19.9 Å². The van der Waals surface area contributed by atoms with E-state index in [2.05, 4.69) is 29.2 Å². The Kier molecular flexibility index (Phi) is 9.88. The number of methoxy groups -OCH3 is 3. The Bertz CT molecular complexity index is 628. The zero-order valence-corrected chi connectivity index (χ0v) is 16.6. The lowest BCUT2D eigenvalue weighted by molar-refractivity contribution is 0.274. The second kappa shape index (κ2) is 11.6. The highest BCUT2D eigenvalue weighted by molar-refractivity contribution is 5.85. The van der Waals surface area contributed by atoms with Crippen molar-refractivity contribution in [3.8, 4) is 17.2 Å². The topological polar surface area (TPSA) is 57.0 Å². The Morgan fingerprint density at radius 1 is 0.846 bits per heavy atom. The van der Waals surface area contributed by atoms with Crippen LogP contribution in [0, 0.1) is 0 Å². The third-order valence-corrected chi connectivity index (χ3v) is 4.14. The highest BCUT2D eigenvalue weighted by Crippen LogP contribution is 2.38. The SMILES string of the molecule is COc1cc(CN(CCN)CCc2ccccc2)cc(OC)c1OC.Cl. The van der Waals surface area contributed by atoms with Gasteiger partial charge in [0.1, 0.15) is 0 Å². The van der Waals surface area contributed by atoms with E-state index in [9.17, 15) is 0 Å². The van der Waals surface area contributed by atoms with E-state index in [-0.39, 0.29) is 12.4 Å². The minimum atomic E-state index is 0. The first-order valence-corrected chi connectivity index (χ1v) is 8.47. The molecule has 6 heteroatoms. The molecular weight excluding hydrogens is 352 g/mol. The van der Waals surface area contributed by atoms with Gasteiger partial charge in [-0.3, -0.25) is 4.90 Å². The molecule has 5 nitrogen and oxygen atoms in total. The van der Waals surface area contributed by atoms with Crippen LogP contribution in [-0.2, 0) is 13.0 Å². The van der Waals surface area contributed by atoms with Gasteiger partial charge in [-0.2, -0.15) is 0 Å². The van der Waals surface area contributed by atoms with Crippen LogP contribution in [0.2, 0.25) is 0 Å². The summed E-state index contributed by atoms with van der Waals surface area (Å²) in [5.74, 6) is 1.96. The third kappa shape index (κ3) is 6.09. The molecule has 0 heterocycles. The largest absolute Gasteiger partial charge is 0.493 e. The fourth-order valence-corrected chi connectivity index (χ4v) is 2.87. The molecule has 0 saturated carbocycles. The highest BCUT2D eigenvalue weighted by atomic mass is 35.5. The van der Waals surface area contributed by atoms with Crippen LogP contribution in [0.1, 0.15) is 11.1 Å². The van der Waals surface area contributed by atoms with Crippen LogP contribution in [-0.4, -0.2) is 45.9 Å². The summed E-state index contributed by atoms with van der Waals surface area (Å²) in [5.41, 5.74) is 8.23. The average Bonchev–Trinajstić information content (AvgIpc) is 2.66. The maximum atomic E-state index is 5.80. The van der Waals surface area contributed by atoms with E-state index in [1.54, 1.807) is 21.3 Å². The normalized spacial score (nSPS) is 10.3. The maximum Gasteiger partial charge on any atom is 0.203 e. The number of halogens is 1. The first kappa shape index (κ1) is 22.1. The molecule has 0 radical (unpaired) electrons. The van der Waals surface area contributed by atoms with Crippen molar-refractivity contribution in [3.63, 3.8) is 0 Å². The first-order valence-electron chi connectivity index (χ1n) is 8.47. The molecule has 0 aliphatic rings. The monoisotopic (exact) mass is 380 g/mol. The van der Waals surface area contributed by atoms with Gasteiger partial charge in [0.15, 0.2) is 11.5 Å². The summed E-state index contributed by atoms with van der Waals surface area (Å²) in [4.78, 5) is 2.34. The van der Waals surface area contributed by atoms with Crippen LogP contribution in [0.15, 0.2) is 42.5 Å². The Labute approximate surface area is 162 Å². The summed E-state index contributed by atoms with van der Waals surface area (Å²) in [6.45, 7) is 3.18. The van der Waals surface area contributed by atoms with Crippen molar-refractivity contribution < 1.29 is 14.2 Å². The van der Waals surface area contributed by atoms with Crippen molar-refractivity contribution in [1.29, 1.82) is 0 Å². The minimum Gasteiger partial charge on any atom is -0.493 e. The van der Waals surface area contributed by atoms with E-state index in [1.165, 1.54) is 5.56 Å². The van der Waals surface area contributed by atoms with E-state index in [4.69, 9.17) is 19.9 Å². The molecule has 0 amide bonds. The second-order valence-electron chi connectivity index (χ2n) is 5.83. The van der Waals surface area contributed by atoms with Crippen LogP contribution in [0.5, 0.6) is 17.2 Å². The van der Waals surface area contributed by atoms with E-state index in [1.807, 2.05) is 18.2 Å². The molecular formula is C20H29ClN2O3. The fraction of sp³-hybridized carbons (Fsp3) is 0.400. The van der Waals surface area contributed by atoms with Crippen LogP contribution < -0.4 is 19.9 Å². The second-order valence-corrected chi connectivity index (χ2v) is 5.83. The van der Waals surface area contributed by atoms with Gasteiger partial charge in [-0.25, -0.2) is 0 Å². The number of nitrogens with two attached hydrogens (primary N) is 1. The first-order chi connectivity index (χ1) is 12.2. The molecule has 2 rings (SSSR count). The third-order valence-electron chi connectivity index (χ3n) is 4.14. The maximum absolute atomic E-state index is 5.80. The molecule has 2 aromatic carbocycles. The van der Waals surface area contributed by atoms with E-state index < -0.39 is 0 Å². The van der Waals surface area contributed by atoms with Crippen molar-refractivity contribution in [1.82, 2.24) is 4.90 Å². The van der Waals surface area contributed by atoms with E-state index >= 15 is 0 Å². The predicted molar refractivity (Wildman–Crippen MR) is 108 cm³/mol. The summed E-state index contributed by atoms with van der Waals surface area (Å²) < 4.78 is 16.3. The molecule has 0 saturated heterocycles. The van der Waals surface area contributed by atoms with Crippen molar-refractivity contribution in [2.24, 2.45) is 5.73 Å². The zero-order chi connectivity index (χ0) is 18.1. The van der Waals surface area contributed by atoms with Crippen LogP contribution in [0.25, 0.3) is 0 Å². The van der Waals surface area contributed by atoms with Gasteiger partial charge in [-0.15, -0.1) is 12.4 Å². The van der Waals surface area contributed by atoms with Crippen LogP contribution in [0.3, 0.4) is 0 Å². The van der Waals surface area contributed by atoms with Gasteiger partial charge in [-0.05, 0) is 29.7 Å². The Morgan fingerprint density at radius 3 is 1.96 bits per heavy atom. The average molecular weight is 381 g/mol. The number of ether oxygens (including phenoxy) is 3. The summed E-state index contributed by atoms with van der Waals surface area (Å²) in [7, 11) is 4.88. The standard InChI is InChI=1S/C20H28N2O3.ClH/c1-23-18-13-17(14-19(24-2)20(18)25-3)15-22(12-10-21)11-9-16-7-5-4-6-8-16;/h4-8,13-14H,9-12,15,21H2,1-3H3;1H. The number of benzene rings is 2. The molecule has 0 aromatic heterocycles. The van der Waals surface area contributed by atoms with E-state index in [0.717, 1.165) is 31.6 Å². The molecule has 0 atom stereocenters. The van der Waals surface area contributed by atoms with Gasteiger partial charge in [-0.1, -0.05) is 30.3 Å². The van der Waals surface area contributed by atoms with Gasteiger partial charge in [0.05, 0.1) is 21.3 Å². The van der Waals surface area contributed by atoms with Crippen LogP contribution >= 0.6 is 12.4 Å². The molecule has 0 unspecified atom stereocenters. The minimum absolute atomic E-state index is 0. The quantitative estimate of drug-likeness (QED) is 0.686. The molecule has 0 fully saturated rings. The predicted octanol–water partition coefficient (Wildman–Crippen LogP) is 3.14. The van der Waals surface area contributed by atoms with Crippen molar-refractivity contribution in [3.05, 3.63) is 53.6 Å². The summed E-state index contributed by atoms with van der Waals surface area (Å²) >= 11 is 0. The molecule has 0 bridgehead atoms. The highest BCUT2D eigenvalue weighted by Gasteiger charge is 2.15. The van der Waals surface area contributed by atoms with Gasteiger partial charge in [0.25, 0.3) is 0 Å². The lowest BCUT2D eigenvalue weighted by atomic mass is 10.1. The Hall–Kier alpha value is -1.95. The molecule has 2 aromatic rings. The molecule has 0 aliphatic carbocycles. The molecule has 0 spiro atoms. The Morgan fingerprint density at radius 2 is 1.46 bits per heavy atom. The van der Waals surface area contributed by atoms with Crippen molar-refractivity contribution in [2.45, 2.75) is 13.0 Å². The number of rotatable bonds is 10. The number of hydrogen-bond donors (Lipinski definition) is 1. The summed E-state index contributed by atoms with van der Waals surface area (Å²) in [6.07, 6.45) is 0.991. The van der Waals surface area contributed by atoms with E-state index in [0.29, 0.717) is 23.8 Å². The van der Waals surface area contributed by atoms with Gasteiger partial charge >= 0.3 is 0 Å². The Balaban J connectivity index is 0.00000338. The molecule has 26 heavy (non-hydrogen) atoms. The number of hydrogen-bond acceptors (Lipinski definition) is 5. The zero-order valence-electron chi connectivity index (χ0n) is 15.7. The summed E-state index contributed by atoms with van der Waals surface area (Å²) in [5, 5.41) is 0. The molecule has 2 N–H and O–H groups in total. The fourth-order valence-electron chi connectivity index (χ4n) is 2.87. The smallest absolute Gasteiger partial charge is 0.203 e. The van der Waals surface area contributed by atoms with Gasteiger partial charge in [0.2, 0.25) is 5.75 Å².